The molecule has 3 rings (SSSR count). The van der Waals surface area contributed by atoms with Crippen molar-refractivity contribution >= 4 is 17.4 Å². The van der Waals surface area contributed by atoms with Crippen LogP contribution in [0.4, 0.5) is 0 Å². The molecule has 4 heteroatoms. The highest BCUT2D eigenvalue weighted by molar-refractivity contribution is 6.02. The van der Waals surface area contributed by atoms with Gasteiger partial charge in [-0.3, -0.25) is 4.79 Å². The maximum atomic E-state index is 12.1. The number of carbonyl (C=O) groups excluding carboxylic acids is 1. The molecule has 0 unspecified atom stereocenters. The van der Waals surface area contributed by atoms with Crippen LogP contribution in [0.1, 0.15) is 40.4 Å². The van der Waals surface area contributed by atoms with Crippen LogP contribution in [-0.2, 0) is 6.42 Å². The molecule has 1 aliphatic rings. The fourth-order valence-corrected chi connectivity index (χ4v) is 3.03. The molecule has 2 aromatic carbocycles. The molecule has 1 amide bonds. The summed E-state index contributed by atoms with van der Waals surface area (Å²) in [4.78, 5) is 15.7. The maximum Gasteiger partial charge on any atom is 0.280 e. The monoisotopic (exact) mass is 305 g/mol. The first-order valence-electron chi connectivity index (χ1n) is 7.58. The van der Waals surface area contributed by atoms with Gasteiger partial charge in [-0.1, -0.05) is 42.0 Å². The summed E-state index contributed by atoms with van der Waals surface area (Å²) in [5, 5.41) is 0. The van der Waals surface area contributed by atoms with Gasteiger partial charge in [0.15, 0.2) is 5.96 Å². The lowest BCUT2D eigenvalue weighted by molar-refractivity contribution is 0.100. The molecule has 0 saturated carbocycles. The predicted octanol–water partition coefficient (Wildman–Crippen LogP) is 2.87. The van der Waals surface area contributed by atoms with Crippen molar-refractivity contribution < 1.29 is 4.79 Å². The van der Waals surface area contributed by atoms with Gasteiger partial charge in [0.05, 0.1) is 0 Å². The van der Waals surface area contributed by atoms with E-state index in [1.165, 1.54) is 16.7 Å². The molecule has 0 fully saturated rings. The molecule has 0 bridgehead atoms. The highest BCUT2D eigenvalue weighted by Gasteiger charge is 2.19. The third kappa shape index (κ3) is 3.01. The molecule has 0 atom stereocenters. The molecule has 23 heavy (non-hydrogen) atoms. The Morgan fingerprint density at radius 1 is 1.04 bits per heavy atom. The van der Waals surface area contributed by atoms with E-state index in [1.807, 2.05) is 30.3 Å². The third-order valence-electron chi connectivity index (χ3n) is 4.12. The van der Waals surface area contributed by atoms with E-state index in [-0.39, 0.29) is 5.96 Å². The number of carbonyl (C=O) groups is 1. The first-order chi connectivity index (χ1) is 11.1. The SMILES string of the molecule is CC1=C(c2ccccc2)c2cc(C(=O)N=C(N)N)ccc2CC1. The lowest BCUT2D eigenvalue weighted by Gasteiger charge is -2.22. The van der Waals surface area contributed by atoms with E-state index in [9.17, 15) is 4.79 Å². The van der Waals surface area contributed by atoms with Crippen molar-refractivity contribution in [1.82, 2.24) is 0 Å². The number of benzene rings is 2. The maximum absolute atomic E-state index is 12.1. The molecule has 116 valence electrons. The van der Waals surface area contributed by atoms with Gasteiger partial charge in [-0.2, -0.15) is 4.99 Å². The summed E-state index contributed by atoms with van der Waals surface area (Å²) < 4.78 is 0. The van der Waals surface area contributed by atoms with E-state index in [0.29, 0.717) is 5.56 Å². The van der Waals surface area contributed by atoms with Crippen molar-refractivity contribution in [1.29, 1.82) is 0 Å². The van der Waals surface area contributed by atoms with Gasteiger partial charge in [-0.15, -0.1) is 0 Å². The Morgan fingerprint density at radius 3 is 2.48 bits per heavy atom. The zero-order valence-electron chi connectivity index (χ0n) is 13.0. The topological polar surface area (TPSA) is 81.5 Å². The van der Waals surface area contributed by atoms with E-state index in [2.05, 4.69) is 24.0 Å². The van der Waals surface area contributed by atoms with Crippen LogP contribution >= 0.6 is 0 Å². The Morgan fingerprint density at radius 2 is 1.78 bits per heavy atom. The molecular formula is C19H19N3O. The number of fused-ring (bicyclic) bond motifs is 1. The third-order valence-corrected chi connectivity index (χ3v) is 4.12. The van der Waals surface area contributed by atoms with E-state index >= 15 is 0 Å². The van der Waals surface area contributed by atoms with E-state index in [1.54, 1.807) is 6.07 Å². The second kappa shape index (κ2) is 6.08. The lowest BCUT2D eigenvalue weighted by atomic mass is 9.82. The van der Waals surface area contributed by atoms with Crippen molar-refractivity contribution in [2.75, 3.05) is 0 Å². The molecule has 2 aromatic rings. The summed E-state index contributed by atoms with van der Waals surface area (Å²) in [5.74, 6) is -0.633. The van der Waals surface area contributed by atoms with Gasteiger partial charge in [-0.05, 0) is 54.2 Å². The normalized spacial score (nSPS) is 13.4. The largest absolute Gasteiger partial charge is 0.370 e. The smallest absolute Gasteiger partial charge is 0.280 e. The van der Waals surface area contributed by atoms with Gasteiger partial charge in [0.2, 0.25) is 0 Å². The summed E-state index contributed by atoms with van der Waals surface area (Å²) in [7, 11) is 0. The Bertz CT molecular complexity index is 816. The number of aryl methyl sites for hydroxylation is 1. The Balaban J connectivity index is 2.12. The van der Waals surface area contributed by atoms with Crippen molar-refractivity contribution in [3.05, 3.63) is 76.4 Å². The fourth-order valence-electron chi connectivity index (χ4n) is 3.03. The minimum absolute atomic E-state index is 0.220. The molecule has 4 nitrogen and oxygen atoms in total. The van der Waals surface area contributed by atoms with Gasteiger partial charge in [0.1, 0.15) is 0 Å². The molecule has 0 spiro atoms. The van der Waals surface area contributed by atoms with Gasteiger partial charge in [-0.25, -0.2) is 0 Å². The highest BCUT2D eigenvalue weighted by Crippen LogP contribution is 2.36. The number of hydrogen-bond donors (Lipinski definition) is 2. The van der Waals surface area contributed by atoms with Crippen LogP contribution in [0.5, 0.6) is 0 Å². The number of allylic oxidation sites excluding steroid dienone is 1. The minimum Gasteiger partial charge on any atom is -0.370 e. The van der Waals surface area contributed by atoms with Crippen LogP contribution < -0.4 is 11.5 Å². The number of hydrogen-bond acceptors (Lipinski definition) is 1. The zero-order valence-corrected chi connectivity index (χ0v) is 13.0. The van der Waals surface area contributed by atoms with Crippen molar-refractivity contribution in [3.63, 3.8) is 0 Å². The predicted molar refractivity (Wildman–Crippen MR) is 93.0 cm³/mol. The number of amides is 1. The van der Waals surface area contributed by atoms with Crippen LogP contribution in [0.2, 0.25) is 0 Å². The average Bonchev–Trinajstić information content (AvgIpc) is 2.54. The Kier molecular flexibility index (Phi) is 3.98. The molecule has 0 aliphatic heterocycles. The molecular weight excluding hydrogens is 286 g/mol. The number of nitrogens with two attached hydrogens (primary N) is 2. The molecule has 0 saturated heterocycles. The standard InChI is InChI=1S/C19H19N3O/c1-12-7-8-13-9-10-15(18(23)22-19(20)21)11-16(13)17(12)14-5-3-2-4-6-14/h2-6,9-11H,7-8H2,1H3,(H4,20,21,22,23). The summed E-state index contributed by atoms with van der Waals surface area (Å²) in [5.41, 5.74) is 17.1. The van der Waals surface area contributed by atoms with Gasteiger partial charge in [0.25, 0.3) is 5.91 Å². The van der Waals surface area contributed by atoms with Crippen LogP contribution in [0.15, 0.2) is 59.1 Å². The average molecular weight is 305 g/mol. The van der Waals surface area contributed by atoms with Gasteiger partial charge in [0, 0.05) is 5.56 Å². The van der Waals surface area contributed by atoms with Crippen molar-refractivity contribution in [3.8, 4) is 0 Å². The molecule has 1 aliphatic carbocycles. The van der Waals surface area contributed by atoms with Crippen LogP contribution in [-0.4, -0.2) is 11.9 Å². The highest BCUT2D eigenvalue weighted by atomic mass is 16.1. The lowest BCUT2D eigenvalue weighted by Crippen LogP contribution is -2.24. The number of rotatable bonds is 2. The van der Waals surface area contributed by atoms with Gasteiger partial charge < -0.3 is 11.5 Å². The fraction of sp³-hybridized carbons (Fsp3) is 0.158. The number of guanidine groups is 1. The first kappa shape index (κ1) is 15.0. The number of nitrogens with zero attached hydrogens (tertiary/aromatic N) is 1. The summed E-state index contributed by atoms with van der Waals surface area (Å²) in [6.45, 7) is 2.15. The van der Waals surface area contributed by atoms with E-state index in [4.69, 9.17) is 11.5 Å². The second-order valence-corrected chi connectivity index (χ2v) is 5.74. The van der Waals surface area contributed by atoms with Crippen molar-refractivity contribution in [2.45, 2.75) is 19.8 Å². The quantitative estimate of drug-likeness (QED) is 0.661. The second-order valence-electron chi connectivity index (χ2n) is 5.74. The minimum atomic E-state index is -0.413. The molecule has 0 radical (unpaired) electrons. The Hall–Kier alpha value is -2.88. The van der Waals surface area contributed by atoms with Crippen LogP contribution in [0.3, 0.4) is 0 Å². The zero-order chi connectivity index (χ0) is 16.4. The summed E-state index contributed by atoms with van der Waals surface area (Å²) in [6, 6.07) is 15.9. The summed E-state index contributed by atoms with van der Waals surface area (Å²) in [6.07, 6.45) is 2.01. The number of aliphatic imine (C=N–C) groups is 1. The van der Waals surface area contributed by atoms with Crippen molar-refractivity contribution in [2.24, 2.45) is 16.5 Å². The summed E-state index contributed by atoms with van der Waals surface area (Å²) >= 11 is 0. The van der Waals surface area contributed by atoms with Crippen LogP contribution in [0.25, 0.3) is 5.57 Å². The molecule has 4 N–H and O–H groups in total. The first-order valence-corrected chi connectivity index (χ1v) is 7.58. The Labute approximate surface area is 135 Å². The molecule has 0 heterocycles. The van der Waals surface area contributed by atoms with Crippen LogP contribution in [0, 0.1) is 0 Å². The van der Waals surface area contributed by atoms with E-state index in [0.717, 1.165) is 24.0 Å². The molecule has 0 aromatic heterocycles. The van der Waals surface area contributed by atoms with E-state index < -0.39 is 5.91 Å². The van der Waals surface area contributed by atoms with Gasteiger partial charge >= 0.3 is 0 Å².